The number of ether oxygens (including phenoxy) is 1. The van der Waals surface area contributed by atoms with Crippen LogP contribution in [-0.2, 0) is 0 Å². The van der Waals surface area contributed by atoms with Crippen molar-refractivity contribution in [1.29, 1.82) is 0 Å². The lowest BCUT2D eigenvalue weighted by Gasteiger charge is -2.06. The number of ketones is 1. The second-order valence-corrected chi connectivity index (χ2v) is 4.75. The molecule has 0 aromatic heterocycles. The lowest BCUT2D eigenvalue weighted by molar-refractivity contribution is -0.384. The molecule has 0 heterocycles. The molecule has 0 saturated carbocycles. The minimum atomic E-state index is -0.462. The molecule has 112 valence electrons. The van der Waals surface area contributed by atoms with Crippen LogP contribution < -0.4 is 4.74 Å². The number of nitrogens with zero attached hydrogens (tertiary/aromatic N) is 1. The van der Waals surface area contributed by atoms with Crippen LogP contribution in [0.5, 0.6) is 5.75 Å². The molecule has 0 saturated heterocycles. The molecule has 0 N–H and O–H groups in total. The third-order valence-corrected chi connectivity index (χ3v) is 3.15. The number of nitro groups is 1. The molecule has 0 spiro atoms. The number of non-ortho nitro benzene ring substituents is 1. The van der Waals surface area contributed by atoms with Crippen molar-refractivity contribution in [3.8, 4) is 5.75 Å². The highest BCUT2D eigenvalue weighted by Crippen LogP contribution is 2.21. The van der Waals surface area contributed by atoms with Crippen LogP contribution in [-0.4, -0.2) is 17.8 Å². The van der Waals surface area contributed by atoms with Gasteiger partial charge in [0.2, 0.25) is 0 Å². The highest BCUT2D eigenvalue weighted by atomic mass is 16.6. The number of hydrogen-bond donors (Lipinski definition) is 0. The van der Waals surface area contributed by atoms with E-state index < -0.39 is 4.92 Å². The number of carbonyl (C=O) groups excluding carboxylic acids is 1. The minimum absolute atomic E-state index is 0.0173. The largest absolute Gasteiger partial charge is 0.496 e. The number of carbonyl (C=O) groups is 1. The molecule has 0 amide bonds. The number of hydrogen-bond acceptors (Lipinski definition) is 4. The minimum Gasteiger partial charge on any atom is -0.496 e. The predicted molar refractivity (Wildman–Crippen MR) is 84.2 cm³/mol. The summed E-state index contributed by atoms with van der Waals surface area (Å²) in [6, 6.07) is 11.3. The fourth-order valence-electron chi connectivity index (χ4n) is 1.97. The first-order valence-corrected chi connectivity index (χ1v) is 6.63. The Morgan fingerprint density at radius 2 is 1.86 bits per heavy atom. The maximum Gasteiger partial charge on any atom is 0.269 e. The van der Waals surface area contributed by atoms with Crippen LogP contribution in [0.3, 0.4) is 0 Å². The summed E-state index contributed by atoms with van der Waals surface area (Å²) in [5.74, 6) is 0.341. The first-order chi connectivity index (χ1) is 10.5. The Morgan fingerprint density at radius 1 is 1.18 bits per heavy atom. The van der Waals surface area contributed by atoms with Crippen molar-refractivity contribution in [3.05, 3.63) is 75.3 Å². The van der Waals surface area contributed by atoms with Crippen LogP contribution in [0, 0.1) is 17.0 Å². The maximum atomic E-state index is 12.2. The lowest BCUT2D eigenvalue weighted by Crippen LogP contribution is -1.99. The molecule has 2 aromatic rings. The molecule has 0 aliphatic carbocycles. The van der Waals surface area contributed by atoms with Gasteiger partial charge in [0.25, 0.3) is 5.69 Å². The van der Waals surface area contributed by atoms with Gasteiger partial charge in [-0.15, -0.1) is 0 Å². The van der Waals surface area contributed by atoms with E-state index in [1.54, 1.807) is 30.3 Å². The average Bonchev–Trinajstić information content (AvgIpc) is 2.52. The highest BCUT2D eigenvalue weighted by molar-refractivity contribution is 6.08. The van der Waals surface area contributed by atoms with E-state index in [1.807, 2.05) is 13.0 Å². The normalized spacial score (nSPS) is 10.6. The molecule has 2 rings (SSSR count). The highest BCUT2D eigenvalue weighted by Gasteiger charge is 2.09. The van der Waals surface area contributed by atoms with Gasteiger partial charge in [-0.2, -0.15) is 0 Å². The third kappa shape index (κ3) is 3.58. The molecule has 0 atom stereocenters. The van der Waals surface area contributed by atoms with Gasteiger partial charge in [0.1, 0.15) is 5.75 Å². The summed E-state index contributed by atoms with van der Waals surface area (Å²) in [6.45, 7) is 1.92. The summed E-state index contributed by atoms with van der Waals surface area (Å²) >= 11 is 0. The van der Waals surface area contributed by atoms with Crippen molar-refractivity contribution in [1.82, 2.24) is 0 Å². The number of nitro benzene ring substituents is 1. The zero-order chi connectivity index (χ0) is 16.1. The first kappa shape index (κ1) is 15.4. The van der Waals surface area contributed by atoms with Crippen LogP contribution in [0.15, 0.2) is 48.5 Å². The number of rotatable bonds is 5. The first-order valence-electron chi connectivity index (χ1n) is 6.63. The van der Waals surface area contributed by atoms with Gasteiger partial charge in [0.05, 0.1) is 17.6 Å². The number of aryl methyl sites for hydroxylation is 1. The average molecular weight is 297 g/mol. The second kappa shape index (κ2) is 6.67. The molecular formula is C17H15NO4. The van der Waals surface area contributed by atoms with Gasteiger partial charge < -0.3 is 4.74 Å². The summed E-state index contributed by atoms with van der Waals surface area (Å²) in [5, 5.41) is 10.6. The van der Waals surface area contributed by atoms with Crippen molar-refractivity contribution < 1.29 is 14.5 Å². The molecule has 22 heavy (non-hydrogen) atoms. The summed E-state index contributed by atoms with van der Waals surface area (Å²) in [5.41, 5.74) is 2.22. The Bertz CT molecular complexity index is 733. The molecule has 5 nitrogen and oxygen atoms in total. The lowest BCUT2D eigenvalue weighted by atomic mass is 10.1. The van der Waals surface area contributed by atoms with E-state index in [9.17, 15) is 14.9 Å². The van der Waals surface area contributed by atoms with E-state index >= 15 is 0 Å². The monoisotopic (exact) mass is 297 g/mol. The fraction of sp³-hybridized carbons (Fsp3) is 0.118. The number of allylic oxidation sites excluding steroid dienone is 1. The Balaban J connectivity index is 2.19. The number of methoxy groups -OCH3 is 1. The zero-order valence-electron chi connectivity index (χ0n) is 12.3. The Kier molecular flexibility index (Phi) is 4.68. The summed E-state index contributed by atoms with van der Waals surface area (Å²) in [7, 11) is 1.52. The van der Waals surface area contributed by atoms with E-state index in [4.69, 9.17) is 4.74 Å². The van der Waals surface area contributed by atoms with Crippen molar-refractivity contribution in [3.63, 3.8) is 0 Å². The van der Waals surface area contributed by atoms with E-state index in [-0.39, 0.29) is 11.5 Å². The standard InChI is InChI=1S/C17H15NO4/c1-12-3-9-15(17(11-12)22-2)16(19)10-6-13-4-7-14(8-5-13)18(20)21/h3-11H,1-2H3. The maximum absolute atomic E-state index is 12.2. The van der Waals surface area contributed by atoms with E-state index in [2.05, 4.69) is 0 Å². The van der Waals surface area contributed by atoms with Gasteiger partial charge in [-0.25, -0.2) is 0 Å². The molecular weight excluding hydrogens is 282 g/mol. The summed E-state index contributed by atoms with van der Waals surface area (Å²) in [4.78, 5) is 22.3. The summed E-state index contributed by atoms with van der Waals surface area (Å²) < 4.78 is 5.21. The molecule has 0 aliphatic heterocycles. The Morgan fingerprint density at radius 3 is 2.45 bits per heavy atom. The van der Waals surface area contributed by atoms with Crippen LogP contribution in [0.4, 0.5) is 5.69 Å². The predicted octanol–water partition coefficient (Wildman–Crippen LogP) is 3.81. The van der Waals surface area contributed by atoms with Gasteiger partial charge in [0, 0.05) is 12.1 Å². The zero-order valence-corrected chi connectivity index (χ0v) is 12.3. The van der Waals surface area contributed by atoms with Crippen molar-refractivity contribution in [2.24, 2.45) is 0 Å². The molecule has 0 fully saturated rings. The van der Waals surface area contributed by atoms with Gasteiger partial charge in [-0.1, -0.05) is 12.1 Å². The molecule has 5 heteroatoms. The quantitative estimate of drug-likeness (QED) is 0.364. The van der Waals surface area contributed by atoms with Gasteiger partial charge >= 0.3 is 0 Å². The Labute approximate surface area is 128 Å². The topological polar surface area (TPSA) is 69.4 Å². The SMILES string of the molecule is COc1cc(C)ccc1C(=O)C=Cc1ccc([N+](=O)[O-])cc1. The Hall–Kier alpha value is -2.95. The van der Waals surface area contributed by atoms with Crippen molar-refractivity contribution in [2.75, 3.05) is 7.11 Å². The molecule has 0 aliphatic rings. The van der Waals surface area contributed by atoms with Crippen LogP contribution in [0.1, 0.15) is 21.5 Å². The van der Waals surface area contributed by atoms with Crippen molar-refractivity contribution in [2.45, 2.75) is 6.92 Å². The summed E-state index contributed by atoms with van der Waals surface area (Å²) in [6.07, 6.45) is 3.04. The second-order valence-electron chi connectivity index (χ2n) is 4.75. The van der Waals surface area contributed by atoms with Gasteiger partial charge in [-0.05, 0) is 48.4 Å². The molecule has 0 radical (unpaired) electrons. The van der Waals surface area contributed by atoms with Gasteiger partial charge in [-0.3, -0.25) is 14.9 Å². The number of benzene rings is 2. The van der Waals surface area contributed by atoms with Gasteiger partial charge in [0.15, 0.2) is 5.78 Å². The van der Waals surface area contributed by atoms with E-state index in [0.29, 0.717) is 16.9 Å². The van der Waals surface area contributed by atoms with Crippen LogP contribution in [0.25, 0.3) is 6.08 Å². The molecule has 0 unspecified atom stereocenters. The van der Waals surface area contributed by atoms with E-state index in [0.717, 1.165) is 5.56 Å². The fourth-order valence-corrected chi connectivity index (χ4v) is 1.97. The molecule has 0 bridgehead atoms. The van der Waals surface area contributed by atoms with Crippen molar-refractivity contribution >= 4 is 17.5 Å². The van der Waals surface area contributed by atoms with E-state index in [1.165, 1.54) is 25.3 Å². The molecule has 2 aromatic carbocycles. The smallest absolute Gasteiger partial charge is 0.269 e. The van der Waals surface area contributed by atoms with Crippen LogP contribution in [0.2, 0.25) is 0 Å². The third-order valence-electron chi connectivity index (χ3n) is 3.15. The van der Waals surface area contributed by atoms with Crippen LogP contribution >= 0.6 is 0 Å².